The van der Waals surface area contributed by atoms with E-state index in [4.69, 9.17) is 4.74 Å². The lowest BCUT2D eigenvalue weighted by Gasteiger charge is -2.24. The van der Waals surface area contributed by atoms with Crippen LogP contribution in [0.1, 0.15) is 33.5 Å². The summed E-state index contributed by atoms with van der Waals surface area (Å²) in [6.07, 6.45) is 0.888. The Hall–Kier alpha value is -1.65. The lowest BCUT2D eigenvalue weighted by atomic mass is 9.92. The van der Waals surface area contributed by atoms with Crippen LogP contribution in [0.5, 0.6) is 0 Å². The number of hydrogen-bond donors (Lipinski definition) is 0. The fraction of sp³-hybridized carbons (Fsp3) is 0.353. The van der Waals surface area contributed by atoms with E-state index in [-0.39, 0.29) is 11.5 Å². The van der Waals surface area contributed by atoms with Gasteiger partial charge in [-0.15, -0.1) is 0 Å². The van der Waals surface area contributed by atoms with Crippen molar-refractivity contribution in [3.8, 4) is 0 Å². The van der Waals surface area contributed by atoms with E-state index < -0.39 is 0 Å². The van der Waals surface area contributed by atoms with Crippen LogP contribution in [0.4, 0.5) is 0 Å². The molecule has 1 spiro atoms. The summed E-state index contributed by atoms with van der Waals surface area (Å²) in [5.41, 5.74) is 4.15. The molecule has 1 amide bonds. The second-order valence-corrected chi connectivity index (χ2v) is 6.63. The molecule has 0 N–H and O–H groups in total. The minimum atomic E-state index is -0.282. The molecule has 1 aromatic heterocycles. The van der Waals surface area contributed by atoms with Gasteiger partial charge in [0.15, 0.2) is 0 Å². The second kappa shape index (κ2) is 4.68. The van der Waals surface area contributed by atoms with Gasteiger partial charge >= 0.3 is 0 Å². The number of thiophene rings is 1. The third-order valence-electron chi connectivity index (χ3n) is 4.62. The summed E-state index contributed by atoms with van der Waals surface area (Å²) in [5.74, 6) is 0.138. The number of amides is 1. The van der Waals surface area contributed by atoms with Gasteiger partial charge in [-0.05, 0) is 35.4 Å². The molecule has 0 radical (unpaired) electrons. The molecule has 4 rings (SSSR count). The Kier molecular flexibility index (Phi) is 2.91. The van der Waals surface area contributed by atoms with Crippen molar-refractivity contribution < 1.29 is 9.53 Å². The van der Waals surface area contributed by atoms with Crippen LogP contribution in [0, 0.1) is 6.92 Å². The molecule has 1 saturated heterocycles. The van der Waals surface area contributed by atoms with Crippen LogP contribution in [0.15, 0.2) is 35.0 Å². The summed E-state index contributed by atoms with van der Waals surface area (Å²) < 4.78 is 6.11. The molecule has 4 heteroatoms. The monoisotopic (exact) mass is 299 g/mol. The van der Waals surface area contributed by atoms with Gasteiger partial charge in [0, 0.05) is 11.9 Å². The predicted octanol–water partition coefficient (Wildman–Crippen LogP) is 3.33. The van der Waals surface area contributed by atoms with Gasteiger partial charge in [-0.3, -0.25) is 4.79 Å². The molecule has 2 aromatic rings. The van der Waals surface area contributed by atoms with Gasteiger partial charge in [0.05, 0.1) is 18.7 Å². The van der Waals surface area contributed by atoms with E-state index in [1.54, 1.807) is 11.3 Å². The topological polar surface area (TPSA) is 29.5 Å². The molecule has 2 aliphatic heterocycles. The van der Waals surface area contributed by atoms with E-state index in [0.29, 0.717) is 13.2 Å². The number of nitrogens with zero attached hydrogens (tertiary/aromatic N) is 1. The summed E-state index contributed by atoms with van der Waals surface area (Å²) >= 11 is 1.59. The SMILES string of the molecule is Cc1cscc1C(=O)N1CC[C@@]2(C1)OCc1ccccc12. The smallest absolute Gasteiger partial charge is 0.255 e. The average Bonchev–Trinajstić information content (AvgIpc) is 3.20. The molecule has 1 aromatic carbocycles. The maximum absolute atomic E-state index is 12.7. The zero-order valence-electron chi connectivity index (χ0n) is 12.0. The Morgan fingerprint density at radius 3 is 3.00 bits per heavy atom. The van der Waals surface area contributed by atoms with Crippen LogP contribution in [0.3, 0.4) is 0 Å². The second-order valence-electron chi connectivity index (χ2n) is 5.89. The molecule has 21 heavy (non-hydrogen) atoms. The van der Waals surface area contributed by atoms with E-state index >= 15 is 0 Å². The van der Waals surface area contributed by atoms with Crippen LogP contribution in [0.25, 0.3) is 0 Å². The average molecular weight is 299 g/mol. The van der Waals surface area contributed by atoms with Gasteiger partial charge in [-0.2, -0.15) is 11.3 Å². The number of benzene rings is 1. The summed E-state index contributed by atoms with van der Waals surface area (Å²) in [5, 5.41) is 3.98. The highest BCUT2D eigenvalue weighted by molar-refractivity contribution is 7.08. The Morgan fingerprint density at radius 2 is 2.19 bits per heavy atom. The Balaban J connectivity index is 1.62. The first-order valence-corrected chi connectivity index (χ1v) is 8.18. The predicted molar refractivity (Wildman–Crippen MR) is 82.5 cm³/mol. The van der Waals surface area contributed by atoms with E-state index in [2.05, 4.69) is 18.2 Å². The Bertz CT molecular complexity index is 708. The number of aryl methyl sites for hydroxylation is 1. The number of carbonyl (C=O) groups excluding carboxylic acids is 1. The first kappa shape index (κ1) is 13.0. The van der Waals surface area contributed by atoms with Crippen molar-refractivity contribution in [2.45, 2.75) is 25.6 Å². The molecule has 0 bridgehead atoms. The summed E-state index contributed by atoms with van der Waals surface area (Å²) in [4.78, 5) is 14.6. The van der Waals surface area contributed by atoms with Gasteiger partial charge < -0.3 is 9.64 Å². The van der Waals surface area contributed by atoms with Crippen molar-refractivity contribution in [2.75, 3.05) is 13.1 Å². The summed E-state index contributed by atoms with van der Waals surface area (Å²) in [6, 6.07) is 8.38. The number of likely N-dealkylation sites (tertiary alicyclic amines) is 1. The van der Waals surface area contributed by atoms with Crippen molar-refractivity contribution in [3.05, 3.63) is 57.3 Å². The maximum Gasteiger partial charge on any atom is 0.255 e. The highest BCUT2D eigenvalue weighted by Gasteiger charge is 2.46. The zero-order valence-corrected chi connectivity index (χ0v) is 12.8. The van der Waals surface area contributed by atoms with Gasteiger partial charge in [0.2, 0.25) is 0 Å². The molecule has 1 fully saturated rings. The number of ether oxygens (including phenoxy) is 1. The molecule has 2 aliphatic rings. The summed E-state index contributed by atoms with van der Waals surface area (Å²) in [6.45, 7) is 4.09. The summed E-state index contributed by atoms with van der Waals surface area (Å²) in [7, 11) is 0. The van der Waals surface area contributed by atoms with Crippen LogP contribution < -0.4 is 0 Å². The molecule has 0 unspecified atom stereocenters. The molecule has 108 valence electrons. The normalized spacial score (nSPS) is 23.8. The number of carbonyl (C=O) groups is 1. The van der Waals surface area contributed by atoms with Crippen molar-refractivity contribution in [1.82, 2.24) is 4.90 Å². The third kappa shape index (κ3) is 1.93. The highest BCUT2D eigenvalue weighted by Crippen LogP contribution is 2.43. The van der Waals surface area contributed by atoms with Crippen LogP contribution in [0.2, 0.25) is 0 Å². The van der Waals surface area contributed by atoms with Crippen molar-refractivity contribution in [2.24, 2.45) is 0 Å². The maximum atomic E-state index is 12.7. The zero-order chi connectivity index (χ0) is 14.4. The molecule has 1 atom stereocenters. The quantitative estimate of drug-likeness (QED) is 0.808. The van der Waals surface area contributed by atoms with E-state index in [0.717, 1.165) is 24.1 Å². The van der Waals surface area contributed by atoms with Crippen molar-refractivity contribution in [3.63, 3.8) is 0 Å². The molecular weight excluding hydrogens is 282 g/mol. The number of fused-ring (bicyclic) bond motifs is 2. The first-order chi connectivity index (χ1) is 10.2. The largest absolute Gasteiger partial charge is 0.364 e. The first-order valence-electron chi connectivity index (χ1n) is 7.24. The minimum Gasteiger partial charge on any atom is -0.364 e. The van der Waals surface area contributed by atoms with Crippen LogP contribution in [-0.4, -0.2) is 23.9 Å². The standard InChI is InChI=1S/C17H17NO2S/c1-12-9-21-10-14(12)16(19)18-7-6-17(11-18)15-5-3-2-4-13(15)8-20-17/h2-5,9-10H,6-8,11H2,1H3/t17-/m0/s1. The third-order valence-corrected chi connectivity index (χ3v) is 5.48. The molecule has 0 aliphatic carbocycles. The van der Waals surface area contributed by atoms with E-state index in [9.17, 15) is 4.79 Å². The van der Waals surface area contributed by atoms with Gasteiger partial charge in [-0.1, -0.05) is 24.3 Å². The van der Waals surface area contributed by atoms with Gasteiger partial charge in [-0.25, -0.2) is 0 Å². The molecule has 0 saturated carbocycles. The van der Waals surface area contributed by atoms with Crippen molar-refractivity contribution >= 4 is 17.2 Å². The fourth-order valence-electron chi connectivity index (χ4n) is 3.43. The van der Waals surface area contributed by atoms with E-state index in [1.807, 2.05) is 28.7 Å². The van der Waals surface area contributed by atoms with Gasteiger partial charge in [0.1, 0.15) is 5.60 Å². The molecular formula is C17H17NO2S. The lowest BCUT2D eigenvalue weighted by molar-refractivity contribution is -0.0283. The molecule has 3 nitrogen and oxygen atoms in total. The number of hydrogen-bond acceptors (Lipinski definition) is 3. The Morgan fingerprint density at radius 1 is 1.33 bits per heavy atom. The van der Waals surface area contributed by atoms with Crippen molar-refractivity contribution in [1.29, 1.82) is 0 Å². The highest BCUT2D eigenvalue weighted by atomic mass is 32.1. The molecule has 3 heterocycles. The number of rotatable bonds is 1. The van der Waals surface area contributed by atoms with Crippen LogP contribution in [-0.2, 0) is 16.9 Å². The van der Waals surface area contributed by atoms with E-state index in [1.165, 1.54) is 11.1 Å². The minimum absolute atomic E-state index is 0.138. The lowest BCUT2D eigenvalue weighted by Crippen LogP contribution is -2.34. The van der Waals surface area contributed by atoms with Crippen LogP contribution >= 0.6 is 11.3 Å². The van der Waals surface area contributed by atoms with Gasteiger partial charge in [0.25, 0.3) is 5.91 Å². The Labute approximate surface area is 128 Å². The fourth-order valence-corrected chi connectivity index (χ4v) is 4.25.